The Morgan fingerprint density at radius 2 is 1.82 bits per heavy atom. The fourth-order valence-electron chi connectivity index (χ4n) is 1.65. The molecule has 68 valence electrons. The SMILES string of the molecule is CCCC[SiH](CC)CC(C)C. The summed E-state index contributed by atoms with van der Waals surface area (Å²) in [6.07, 6.45) is 2.87. The van der Waals surface area contributed by atoms with E-state index in [0.717, 1.165) is 5.92 Å². The van der Waals surface area contributed by atoms with Gasteiger partial charge in [-0.15, -0.1) is 0 Å². The van der Waals surface area contributed by atoms with Crippen LogP contribution in [0, 0.1) is 5.92 Å². The van der Waals surface area contributed by atoms with Crippen molar-refractivity contribution in [2.45, 2.75) is 58.7 Å². The van der Waals surface area contributed by atoms with Gasteiger partial charge in [0.25, 0.3) is 0 Å². The van der Waals surface area contributed by atoms with Crippen LogP contribution < -0.4 is 0 Å². The lowest BCUT2D eigenvalue weighted by molar-refractivity contribution is 0.717. The lowest BCUT2D eigenvalue weighted by Crippen LogP contribution is -2.12. The molecule has 0 aliphatic rings. The van der Waals surface area contributed by atoms with E-state index in [4.69, 9.17) is 0 Å². The summed E-state index contributed by atoms with van der Waals surface area (Å²) in [5, 5.41) is 0. The van der Waals surface area contributed by atoms with Gasteiger partial charge in [0.1, 0.15) is 0 Å². The normalized spacial score (nSPS) is 13.9. The molecule has 0 amide bonds. The Labute approximate surface area is 74.0 Å². The third kappa shape index (κ3) is 6.61. The van der Waals surface area contributed by atoms with Gasteiger partial charge in [-0.05, 0) is 5.92 Å². The molecule has 0 nitrogen and oxygen atoms in total. The summed E-state index contributed by atoms with van der Waals surface area (Å²) in [6, 6.07) is 4.67. The van der Waals surface area contributed by atoms with Crippen molar-refractivity contribution in [2.75, 3.05) is 0 Å². The molecule has 1 atom stereocenters. The maximum Gasteiger partial charge on any atom is 0.0367 e. The fraction of sp³-hybridized carbons (Fsp3) is 1.00. The van der Waals surface area contributed by atoms with Crippen molar-refractivity contribution >= 4 is 8.80 Å². The Hall–Kier alpha value is 0.217. The second-order valence-electron chi connectivity index (χ2n) is 4.05. The zero-order valence-corrected chi connectivity index (χ0v) is 9.84. The molecule has 0 N–H and O–H groups in total. The number of hydrogen-bond acceptors (Lipinski definition) is 0. The molecule has 0 heterocycles. The third-order valence-corrected chi connectivity index (χ3v) is 6.34. The second-order valence-corrected chi connectivity index (χ2v) is 7.64. The quantitative estimate of drug-likeness (QED) is 0.536. The molecule has 11 heavy (non-hydrogen) atoms. The minimum Gasteiger partial charge on any atom is -0.0680 e. The van der Waals surface area contributed by atoms with Crippen molar-refractivity contribution in [3.63, 3.8) is 0 Å². The Kier molecular flexibility index (Phi) is 7.03. The molecular formula is C10H24Si. The van der Waals surface area contributed by atoms with Gasteiger partial charge in [-0.1, -0.05) is 58.7 Å². The highest BCUT2D eigenvalue weighted by Crippen LogP contribution is 2.14. The summed E-state index contributed by atoms with van der Waals surface area (Å²) in [5.41, 5.74) is 0. The topological polar surface area (TPSA) is 0 Å². The summed E-state index contributed by atoms with van der Waals surface area (Å²) in [7, 11) is -0.288. The van der Waals surface area contributed by atoms with Gasteiger partial charge in [0.2, 0.25) is 0 Å². The highest BCUT2D eigenvalue weighted by Gasteiger charge is 2.08. The molecule has 0 spiro atoms. The van der Waals surface area contributed by atoms with E-state index in [1.165, 1.54) is 18.9 Å². The lowest BCUT2D eigenvalue weighted by atomic mass is 10.3. The van der Waals surface area contributed by atoms with Crippen LogP contribution in [0.25, 0.3) is 0 Å². The van der Waals surface area contributed by atoms with Gasteiger partial charge in [0.15, 0.2) is 0 Å². The molecule has 0 rings (SSSR count). The van der Waals surface area contributed by atoms with E-state index in [0.29, 0.717) is 0 Å². The van der Waals surface area contributed by atoms with Crippen LogP contribution in [-0.2, 0) is 0 Å². The zero-order chi connectivity index (χ0) is 8.69. The van der Waals surface area contributed by atoms with E-state index in [1.807, 2.05) is 0 Å². The summed E-state index contributed by atoms with van der Waals surface area (Å²) in [6.45, 7) is 9.41. The van der Waals surface area contributed by atoms with E-state index in [9.17, 15) is 0 Å². The van der Waals surface area contributed by atoms with Gasteiger partial charge in [-0.3, -0.25) is 0 Å². The van der Waals surface area contributed by atoms with Crippen molar-refractivity contribution in [2.24, 2.45) is 5.92 Å². The van der Waals surface area contributed by atoms with Gasteiger partial charge < -0.3 is 0 Å². The first-order valence-electron chi connectivity index (χ1n) is 5.20. The maximum atomic E-state index is 2.38. The molecule has 0 aromatic heterocycles. The molecule has 0 aliphatic heterocycles. The molecule has 0 fully saturated rings. The largest absolute Gasteiger partial charge is 0.0680 e. The molecule has 0 aromatic carbocycles. The summed E-state index contributed by atoms with van der Waals surface area (Å²) in [5.74, 6) is 0.948. The zero-order valence-electron chi connectivity index (χ0n) is 8.69. The van der Waals surface area contributed by atoms with Crippen LogP contribution in [0.15, 0.2) is 0 Å². The summed E-state index contributed by atoms with van der Waals surface area (Å²) >= 11 is 0. The van der Waals surface area contributed by atoms with Crippen LogP contribution in [0.5, 0.6) is 0 Å². The van der Waals surface area contributed by atoms with Gasteiger partial charge >= 0.3 is 0 Å². The van der Waals surface area contributed by atoms with Crippen LogP contribution >= 0.6 is 0 Å². The fourth-order valence-corrected chi connectivity index (χ4v) is 4.94. The maximum absolute atomic E-state index is 2.38. The Morgan fingerprint density at radius 1 is 1.18 bits per heavy atom. The number of rotatable bonds is 6. The van der Waals surface area contributed by atoms with E-state index < -0.39 is 0 Å². The lowest BCUT2D eigenvalue weighted by Gasteiger charge is -2.14. The minimum absolute atomic E-state index is 0.288. The molecule has 0 saturated carbocycles. The van der Waals surface area contributed by atoms with Gasteiger partial charge in [0.05, 0.1) is 0 Å². The van der Waals surface area contributed by atoms with E-state index in [1.54, 1.807) is 12.1 Å². The van der Waals surface area contributed by atoms with Crippen molar-refractivity contribution < 1.29 is 0 Å². The minimum atomic E-state index is -0.288. The summed E-state index contributed by atoms with van der Waals surface area (Å²) in [4.78, 5) is 0. The second kappa shape index (κ2) is 6.90. The first kappa shape index (κ1) is 11.2. The highest BCUT2D eigenvalue weighted by atomic mass is 28.3. The van der Waals surface area contributed by atoms with Gasteiger partial charge in [-0.2, -0.15) is 0 Å². The van der Waals surface area contributed by atoms with Crippen molar-refractivity contribution in [1.82, 2.24) is 0 Å². The first-order valence-corrected chi connectivity index (χ1v) is 7.65. The molecule has 0 aliphatic carbocycles. The van der Waals surface area contributed by atoms with Crippen LogP contribution in [0.1, 0.15) is 40.5 Å². The third-order valence-electron chi connectivity index (χ3n) is 2.35. The van der Waals surface area contributed by atoms with Crippen molar-refractivity contribution in [1.29, 1.82) is 0 Å². The predicted molar refractivity (Wildman–Crippen MR) is 57.0 cm³/mol. The Bertz CT molecular complexity index is 78.9. The van der Waals surface area contributed by atoms with E-state index >= 15 is 0 Å². The van der Waals surface area contributed by atoms with Gasteiger partial charge in [0, 0.05) is 8.80 Å². The summed E-state index contributed by atoms with van der Waals surface area (Å²) < 4.78 is 0. The predicted octanol–water partition coefficient (Wildman–Crippen LogP) is 3.69. The van der Waals surface area contributed by atoms with Crippen molar-refractivity contribution in [3.8, 4) is 0 Å². The Balaban J connectivity index is 3.41. The van der Waals surface area contributed by atoms with Crippen LogP contribution in [0.4, 0.5) is 0 Å². The highest BCUT2D eigenvalue weighted by molar-refractivity contribution is 6.58. The first-order chi connectivity index (χ1) is 5.20. The number of hydrogen-bond donors (Lipinski definition) is 0. The molecule has 0 saturated heterocycles. The average Bonchev–Trinajstić information content (AvgIpc) is 1.97. The standard InChI is InChI=1S/C10H24Si/c1-5-7-8-11(6-2)9-10(3)4/h10-11H,5-9H2,1-4H3. The molecule has 0 radical (unpaired) electrons. The van der Waals surface area contributed by atoms with E-state index in [-0.39, 0.29) is 8.80 Å². The molecular weight excluding hydrogens is 148 g/mol. The van der Waals surface area contributed by atoms with Gasteiger partial charge in [-0.25, -0.2) is 0 Å². The van der Waals surface area contributed by atoms with Crippen LogP contribution in [-0.4, -0.2) is 8.80 Å². The molecule has 1 heteroatoms. The molecule has 0 bridgehead atoms. The van der Waals surface area contributed by atoms with E-state index in [2.05, 4.69) is 27.7 Å². The Morgan fingerprint density at radius 3 is 2.18 bits per heavy atom. The number of unbranched alkanes of at least 4 members (excludes halogenated alkanes) is 1. The molecule has 0 aromatic rings. The monoisotopic (exact) mass is 172 g/mol. The van der Waals surface area contributed by atoms with Crippen molar-refractivity contribution in [3.05, 3.63) is 0 Å². The van der Waals surface area contributed by atoms with Crippen LogP contribution in [0.3, 0.4) is 0 Å². The smallest absolute Gasteiger partial charge is 0.0367 e. The van der Waals surface area contributed by atoms with Crippen LogP contribution in [0.2, 0.25) is 18.1 Å². The average molecular weight is 172 g/mol. The molecule has 1 unspecified atom stereocenters.